The fourth-order valence-electron chi connectivity index (χ4n) is 3.58. The first-order valence-corrected chi connectivity index (χ1v) is 10.4. The molecule has 0 bridgehead atoms. The molecule has 174 valence electrons. The molecule has 0 unspecified atom stereocenters. The number of hydrogen-bond acceptors (Lipinski definition) is 6. The first-order valence-electron chi connectivity index (χ1n) is 10.4. The van der Waals surface area contributed by atoms with Crippen molar-refractivity contribution in [2.75, 3.05) is 17.7 Å². The highest BCUT2D eigenvalue weighted by atomic mass is 19.4. The van der Waals surface area contributed by atoms with Crippen LogP contribution in [0.3, 0.4) is 0 Å². The summed E-state index contributed by atoms with van der Waals surface area (Å²) in [6, 6.07) is 9.28. The van der Waals surface area contributed by atoms with Crippen molar-refractivity contribution in [3.8, 4) is 11.1 Å². The lowest BCUT2D eigenvalue weighted by Gasteiger charge is -2.14. The number of nitrogens with one attached hydrogen (secondary N) is 2. The van der Waals surface area contributed by atoms with E-state index in [2.05, 4.69) is 30.6 Å². The normalized spacial score (nSPS) is 11.5. The molecule has 0 atom stereocenters. The van der Waals surface area contributed by atoms with Gasteiger partial charge in [-0.1, -0.05) is 6.07 Å². The van der Waals surface area contributed by atoms with E-state index in [0.29, 0.717) is 17.3 Å². The molecule has 0 saturated heterocycles. The topological polar surface area (TPSA) is 92.7 Å². The Morgan fingerprint density at radius 1 is 0.941 bits per heavy atom. The minimum atomic E-state index is -4.64. The number of amides is 1. The van der Waals surface area contributed by atoms with Gasteiger partial charge in [-0.05, 0) is 62.2 Å². The molecule has 0 aliphatic heterocycles. The molecular formula is C24H21F3N6O. The van der Waals surface area contributed by atoms with Gasteiger partial charge in [0.05, 0.1) is 0 Å². The van der Waals surface area contributed by atoms with E-state index in [9.17, 15) is 18.0 Å². The molecule has 0 aliphatic carbocycles. The molecule has 3 heterocycles. The third-order valence-corrected chi connectivity index (χ3v) is 5.27. The van der Waals surface area contributed by atoms with Gasteiger partial charge in [0.15, 0.2) is 5.65 Å². The molecule has 3 aromatic heterocycles. The minimum Gasteiger partial charge on any atom is -0.357 e. The second-order valence-electron chi connectivity index (χ2n) is 7.84. The van der Waals surface area contributed by atoms with Crippen molar-refractivity contribution in [1.82, 2.24) is 19.9 Å². The molecule has 2 N–H and O–H groups in total. The molecule has 0 spiro atoms. The summed E-state index contributed by atoms with van der Waals surface area (Å²) in [7, 11) is 1.72. The molecule has 7 nitrogen and oxygen atoms in total. The van der Waals surface area contributed by atoms with Crippen LogP contribution in [0.15, 0.2) is 42.6 Å². The second kappa shape index (κ2) is 8.69. The highest BCUT2D eigenvalue weighted by Gasteiger charge is 2.33. The van der Waals surface area contributed by atoms with Crippen LogP contribution < -0.4 is 10.6 Å². The molecule has 0 aliphatic rings. The monoisotopic (exact) mass is 466 g/mol. The number of nitrogens with zero attached hydrogens (tertiary/aromatic N) is 4. The molecule has 10 heteroatoms. The number of halogens is 3. The predicted molar refractivity (Wildman–Crippen MR) is 124 cm³/mol. The molecule has 0 saturated carbocycles. The van der Waals surface area contributed by atoms with Gasteiger partial charge in [0.1, 0.15) is 5.69 Å². The number of benzene rings is 1. The van der Waals surface area contributed by atoms with Crippen LogP contribution in [0, 0.1) is 20.8 Å². The van der Waals surface area contributed by atoms with E-state index in [0.717, 1.165) is 33.8 Å². The molecule has 4 aromatic rings. The van der Waals surface area contributed by atoms with E-state index in [4.69, 9.17) is 0 Å². The fourth-order valence-corrected chi connectivity index (χ4v) is 3.58. The number of alkyl halides is 3. The molecular weight excluding hydrogens is 445 g/mol. The first kappa shape index (κ1) is 23.1. The summed E-state index contributed by atoms with van der Waals surface area (Å²) < 4.78 is 39.3. The van der Waals surface area contributed by atoms with Gasteiger partial charge < -0.3 is 10.6 Å². The van der Waals surface area contributed by atoms with Gasteiger partial charge in [-0.15, -0.1) is 0 Å². The van der Waals surface area contributed by atoms with Crippen LogP contribution in [0.5, 0.6) is 0 Å². The fraction of sp³-hybridized carbons (Fsp3) is 0.208. The Kier molecular flexibility index (Phi) is 5.90. The quantitative estimate of drug-likeness (QED) is 0.423. The zero-order chi connectivity index (χ0) is 24.6. The number of anilines is 2. The van der Waals surface area contributed by atoms with E-state index in [1.165, 1.54) is 13.0 Å². The van der Waals surface area contributed by atoms with Crippen molar-refractivity contribution in [3.05, 3.63) is 70.8 Å². The van der Waals surface area contributed by atoms with E-state index in [1.54, 1.807) is 25.4 Å². The SMILES string of the molecule is CNc1ncc2cc(-c3cc(NC(=O)c4cc(C)nc(C(F)(F)F)c4)ccc3C)c(C)nc2n1. The summed E-state index contributed by atoms with van der Waals surface area (Å²) >= 11 is 0. The van der Waals surface area contributed by atoms with E-state index in [-0.39, 0.29) is 11.3 Å². The molecule has 34 heavy (non-hydrogen) atoms. The van der Waals surface area contributed by atoms with Crippen molar-refractivity contribution >= 4 is 28.6 Å². The second-order valence-corrected chi connectivity index (χ2v) is 7.84. The van der Waals surface area contributed by atoms with Crippen molar-refractivity contribution in [2.24, 2.45) is 0 Å². The third kappa shape index (κ3) is 4.66. The van der Waals surface area contributed by atoms with Gasteiger partial charge in [0.2, 0.25) is 5.95 Å². The first-order chi connectivity index (χ1) is 16.0. The van der Waals surface area contributed by atoms with Gasteiger partial charge in [-0.25, -0.2) is 15.0 Å². The van der Waals surface area contributed by atoms with Crippen LogP contribution in [0.2, 0.25) is 0 Å². The molecule has 0 radical (unpaired) electrons. The third-order valence-electron chi connectivity index (χ3n) is 5.27. The largest absolute Gasteiger partial charge is 0.433 e. The van der Waals surface area contributed by atoms with Crippen LogP contribution in [-0.2, 0) is 6.18 Å². The molecule has 0 fully saturated rings. The molecule has 1 aromatic carbocycles. The van der Waals surface area contributed by atoms with Crippen LogP contribution >= 0.6 is 0 Å². The number of fused-ring (bicyclic) bond motifs is 1. The summed E-state index contributed by atoms with van der Waals surface area (Å²) in [6.07, 6.45) is -2.97. The summed E-state index contributed by atoms with van der Waals surface area (Å²) in [5, 5.41) is 6.32. The summed E-state index contributed by atoms with van der Waals surface area (Å²) in [6.45, 7) is 5.20. The Balaban J connectivity index is 1.69. The predicted octanol–water partition coefficient (Wildman–Crippen LogP) is 5.32. The Labute approximate surface area is 193 Å². The summed E-state index contributed by atoms with van der Waals surface area (Å²) in [5.74, 6) is -0.194. The number of aromatic nitrogens is 4. The zero-order valence-corrected chi connectivity index (χ0v) is 18.9. The lowest BCUT2D eigenvalue weighted by molar-refractivity contribution is -0.141. The maximum Gasteiger partial charge on any atom is 0.433 e. The highest BCUT2D eigenvalue weighted by molar-refractivity contribution is 6.04. The average Bonchev–Trinajstić information content (AvgIpc) is 2.78. The minimum absolute atomic E-state index is 0.103. The lowest BCUT2D eigenvalue weighted by atomic mass is 9.98. The summed E-state index contributed by atoms with van der Waals surface area (Å²) in [4.78, 5) is 29.4. The van der Waals surface area contributed by atoms with Crippen molar-refractivity contribution in [2.45, 2.75) is 26.9 Å². The summed E-state index contributed by atoms with van der Waals surface area (Å²) in [5.41, 5.74) is 3.20. The van der Waals surface area contributed by atoms with Crippen LogP contribution in [0.1, 0.15) is 33.0 Å². The van der Waals surface area contributed by atoms with Gasteiger partial charge >= 0.3 is 6.18 Å². The van der Waals surface area contributed by atoms with Crippen molar-refractivity contribution < 1.29 is 18.0 Å². The number of rotatable bonds is 4. The van der Waals surface area contributed by atoms with Gasteiger partial charge in [-0.3, -0.25) is 4.79 Å². The Hall–Kier alpha value is -4.08. The number of pyridine rings is 2. The van der Waals surface area contributed by atoms with E-state index < -0.39 is 17.8 Å². The van der Waals surface area contributed by atoms with Crippen molar-refractivity contribution in [3.63, 3.8) is 0 Å². The zero-order valence-electron chi connectivity index (χ0n) is 18.9. The maximum absolute atomic E-state index is 13.1. The van der Waals surface area contributed by atoms with E-state index >= 15 is 0 Å². The average molecular weight is 466 g/mol. The van der Waals surface area contributed by atoms with Crippen LogP contribution in [-0.4, -0.2) is 32.9 Å². The van der Waals surface area contributed by atoms with E-state index in [1.807, 2.05) is 26.0 Å². The highest BCUT2D eigenvalue weighted by Crippen LogP contribution is 2.32. The van der Waals surface area contributed by atoms with Crippen LogP contribution in [0.4, 0.5) is 24.8 Å². The van der Waals surface area contributed by atoms with Crippen molar-refractivity contribution in [1.29, 1.82) is 0 Å². The standard InChI is InChI=1S/C24H21F3N6O/c1-12-5-6-17(32-22(34)15-7-13(2)30-20(9-15)24(25,26)27)10-18(12)19-8-16-11-29-23(28-4)33-21(16)31-14(19)3/h5-11H,1-4H3,(H,32,34)(H,28,29,31,33). The number of carbonyl (C=O) groups excluding carboxylic acids is 1. The van der Waals surface area contributed by atoms with Gasteiger partial charge in [0.25, 0.3) is 5.91 Å². The Morgan fingerprint density at radius 2 is 1.71 bits per heavy atom. The number of hydrogen-bond donors (Lipinski definition) is 2. The lowest BCUT2D eigenvalue weighted by Crippen LogP contribution is -2.16. The molecule has 1 amide bonds. The Bertz CT molecular complexity index is 1420. The molecule has 4 rings (SSSR count). The van der Waals surface area contributed by atoms with Gasteiger partial charge in [-0.2, -0.15) is 18.2 Å². The van der Waals surface area contributed by atoms with Crippen LogP contribution in [0.25, 0.3) is 22.2 Å². The number of aryl methyl sites for hydroxylation is 3. The van der Waals surface area contributed by atoms with Gasteiger partial charge in [0, 0.05) is 46.8 Å². The maximum atomic E-state index is 13.1. The number of carbonyl (C=O) groups is 1. The Morgan fingerprint density at radius 3 is 2.41 bits per heavy atom. The smallest absolute Gasteiger partial charge is 0.357 e.